The fourth-order valence-corrected chi connectivity index (χ4v) is 4.66. The van der Waals surface area contributed by atoms with Gasteiger partial charge >= 0.3 is 5.97 Å². The first-order valence-corrected chi connectivity index (χ1v) is 11.0. The Hall–Kier alpha value is -2.90. The SMILES string of the molecule is COC(=O)C1CCCCN1C(=O)C1CCN(c2nc(C)c3ccc(OC)cc3n2)CC1. The van der Waals surface area contributed by atoms with Gasteiger partial charge in [-0.25, -0.2) is 14.8 Å². The lowest BCUT2D eigenvalue weighted by molar-refractivity contribution is -0.156. The zero-order chi connectivity index (χ0) is 22.0. The van der Waals surface area contributed by atoms with E-state index < -0.39 is 6.04 Å². The second-order valence-electron chi connectivity index (χ2n) is 8.32. The van der Waals surface area contributed by atoms with Gasteiger partial charge in [0.2, 0.25) is 11.9 Å². The van der Waals surface area contributed by atoms with Crippen LogP contribution in [0.15, 0.2) is 18.2 Å². The van der Waals surface area contributed by atoms with Crippen molar-refractivity contribution in [2.24, 2.45) is 5.92 Å². The molecule has 8 nitrogen and oxygen atoms in total. The molecule has 0 radical (unpaired) electrons. The van der Waals surface area contributed by atoms with Crippen molar-refractivity contribution < 1.29 is 19.1 Å². The van der Waals surface area contributed by atoms with Gasteiger partial charge in [-0.1, -0.05) is 0 Å². The average Bonchev–Trinajstić information content (AvgIpc) is 2.82. The average molecular weight is 427 g/mol. The molecule has 1 unspecified atom stereocenters. The molecule has 8 heteroatoms. The molecule has 1 amide bonds. The lowest BCUT2D eigenvalue weighted by Crippen LogP contribution is -2.52. The van der Waals surface area contributed by atoms with Gasteiger partial charge in [-0.3, -0.25) is 4.79 Å². The Kier molecular flexibility index (Phi) is 6.25. The molecule has 1 aromatic carbocycles. The Morgan fingerprint density at radius 1 is 1.03 bits per heavy atom. The van der Waals surface area contributed by atoms with E-state index in [-0.39, 0.29) is 17.8 Å². The van der Waals surface area contributed by atoms with E-state index in [1.54, 1.807) is 12.0 Å². The van der Waals surface area contributed by atoms with Crippen LogP contribution in [0.1, 0.15) is 37.8 Å². The summed E-state index contributed by atoms with van der Waals surface area (Å²) in [5.74, 6) is 1.15. The van der Waals surface area contributed by atoms with Crippen molar-refractivity contribution in [3.63, 3.8) is 0 Å². The molecule has 0 spiro atoms. The van der Waals surface area contributed by atoms with Crippen LogP contribution in [0.25, 0.3) is 10.9 Å². The summed E-state index contributed by atoms with van der Waals surface area (Å²) in [6.07, 6.45) is 4.02. The van der Waals surface area contributed by atoms with E-state index in [1.807, 2.05) is 25.1 Å². The Morgan fingerprint density at radius 2 is 1.81 bits per heavy atom. The van der Waals surface area contributed by atoms with Crippen LogP contribution >= 0.6 is 0 Å². The van der Waals surface area contributed by atoms with Gasteiger partial charge in [0.15, 0.2) is 0 Å². The van der Waals surface area contributed by atoms with Gasteiger partial charge in [0.05, 0.1) is 25.4 Å². The van der Waals surface area contributed by atoms with E-state index in [1.165, 1.54) is 7.11 Å². The number of aromatic nitrogens is 2. The number of amides is 1. The van der Waals surface area contributed by atoms with Gasteiger partial charge in [0, 0.05) is 37.0 Å². The number of hydrogen-bond donors (Lipinski definition) is 0. The third-order valence-corrected chi connectivity index (χ3v) is 6.47. The quantitative estimate of drug-likeness (QED) is 0.695. The molecule has 0 aliphatic carbocycles. The van der Waals surface area contributed by atoms with Crippen molar-refractivity contribution in [1.82, 2.24) is 14.9 Å². The van der Waals surface area contributed by atoms with Gasteiger partial charge in [-0.2, -0.15) is 0 Å². The number of esters is 1. The summed E-state index contributed by atoms with van der Waals surface area (Å²) in [6.45, 7) is 4.04. The number of likely N-dealkylation sites (tertiary alicyclic amines) is 1. The summed E-state index contributed by atoms with van der Waals surface area (Å²) >= 11 is 0. The third-order valence-electron chi connectivity index (χ3n) is 6.47. The van der Waals surface area contributed by atoms with Gasteiger partial charge in [-0.05, 0) is 51.2 Å². The number of anilines is 1. The fraction of sp³-hybridized carbons (Fsp3) is 0.565. The molecular formula is C23H30N4O4. The highest BCUT2D eigenvalue weighted by molar-refractivity contribution is 5.86. The van der Waals surface area contributed by atoms with Crippen molar-refractivity contribution in [2.75, 3.05) is 38.8 Å². The maximum Gasteiger partial charge on any atom is 0.328 e. The van der Waals surface area contributed by atoms with Crippen LogP contribution in [0.4, 0.5) is 5.95 Å². The molecule has 2 aromatic rings. The van der Waals surface area contributed by atoms with E-state index in [4.69, 9.17) is 19.4 Å². The number of rotatable bonds is 4. The molecule has 3 heterocycles. The summed E-state index contributed by atoms with van der Waals surface area (Å²) in [4.78, 5) is 38.7. The number of hydrogen-bond acceptors (Lipinski definition) is 7. The molecule has 1 aromatic heterocycles. The minimum absolute atomic E-state index is 0.0788. The number of ether oxygens (including phenoxy) is 2. The second kappa shape index (κ2) is 9.08. The van der Waals surface area contributed by atoms with Gasteiger partial charge in [0.25, 0.3) is 0 Å². The van der Waals surface area contributed by atoms with Crippen molar-refractivity contribution in [1.29, 1.82) is 0 Å². The summed E-state index contributed by atoms with van der Waals surface area (Å²) in [5.41, 5.74) is 1.78. The predicted molar refractivity (Wildman–Crippen MR) is 117 cm³/mol. The highest BCUT2D eigenvalue weighted by Crippen LogP contribution is 2.28. The number of fused-ring (bicyclic) bond motifs is 1. The first-order valence-electron chi connectivity index (χ1n) is 11.0. The smallest absolute Gasteiger partial charge is 0.328 e. The molecule has 4 rings (SSSR count). The Balaban J connectivity index is 1.46. The zero-order valence-corrected chi connectivity index (χ0v) is 18.5. The monoisotopic (exact) mass is 426 g/mol. The minimum Gasteiger partial charge on any atom is -0.497 e. The van der Waals surface area contributed by atoms with Crippen LogP contribution in [0.3, 0.4) is 0 Å². The largest absolute Gasteiger partial charge is 0.497 e. The van der Waals surface area contributed by atoms with Crippen LogP contribution in [-0.2, 0) is 14.3 Å². The summed E-state index contributed by atoms with van der Waals surface area (Å²) in [5, 5.41) is 1.01. The molecule has 1 atom stereocenters. The fourth-order valence-electron chi connectivity index (χ4n) is 4.66. The molecular weight excluding hydrogens is 396 g/mol. The summed E-state index contributed by atoms with van der Waals surface area (Å²) < 4.78 is 10.3. The van der Waals surface area contributed by atoms with Crippen LogP contribution < -0.4 is 9.64 Å². The van der Waals surface area contributed by atoms with Gasteiger partial charge < -0.3 is 19.3 Å². The predicted octanol–water partition coefficient (Wildman–Crippen LogP) is 2.72. The van der Waals surface area contributed by atoms with E-state index in [2.05, 4.69) is 4.90 Å². The lowest BCUT2D eigenvalue weighted by Gasteiger charge is -2.38. The summed E-state index contributed by atoms with van der Waals surface area (Å²) in [7, 11) is 3.03. The van der Waals surface area contributed by atoms with E-state index in [0.29, 0.717) is 32.0 Å². The van der Waals surface area contributed by atoms with Crippen molar-refractivity contribution in [2.45, 2.75) is 45.1 Å². The minimum atomic E-state index is -0.439. The van der Waals surface area contributed by atoms with Crippen molar-refractivity contribution in [3.05, 3.63) is 23.9 Å². The van der Waals surface area contributed by atoms with Crippen LogP contribution in [0.5, 0.6) is 5.75 Å². The van der Waals surface area contributed by atoms with Crippen molar-refractivity contribution >= 4 is 28.7 Å². The van der Waals surface area contributed by atoms with E-state index in [0.717, 1.165) is 48.0 Å². The first-order chi connectivity index (χ1) is 15.0. The molecule has 2 aliphatic heterocycles. The van der Waals surface area contributed by atoms with Gasteiger partial charge in [0.1, 0.15) is 11.8 Å². The molecule has 2 fully saturated rings. The van der Waals surface area contributed by atoms with E-state index >= 15 is 0 Å². The topological polar surface area (TPSA) is 84.9 Å². The second-order valence-corrected chi connectivity index (χ2v) is 8.32. The van der Waals surface area contributed by atoms with Crippen LogP contribution in [0.2, 0.25) is 0 Å². The number of methoxy groups -OCH3 is 2. The van der Waals surface area contributed by atoms with Crippen LogP contribution in [0, 0.1) is 12.8 Å². The van der Waals surface area contributed by atoms with Crippen LogP contribution in [-0.4, -0.2) is 66.6 Å². The highest BCUT2D eigenvalue weighted by Gasteiger charge is 2.37. The zero-order valence-electron chi connectivity index (χ0n) is 18.5. The third kappa shape index (κ3) is 4.29. The molecule has 31 heavy (non-hydrogen) atoms. The Labute approximate surface area is 182 Å². The number of nitrogens with zero attached hydrogens (tertiary/aromatic N) is 4. The normalized spacial score (nSPS) is 20.0. The van der Waals surface area contributed by atoms with E-state index in [9.17, 15) is 9.59 Å². The Morgan fingerprint density at radius 3 is 2.52 bits per heavy atom. The number of benzene rings is 1. The molecule has 166 valence electrons. The highest BCUT2D eigenvalue weighted by atomic mass is 16.5. The number of carbonyl (C=O) groups is 2. The maximum atomic E-state index is 13.2. The number of carbonyl (C=O) groups excluding carboxylic acids is 2. The first kappa shape index (κ1) is 21.3. The van der Waals surface area contributed by atoms with Gasteiger partial charge in [-0.15, -0.1) is 0 Å². The molecule has 2 saturated heterocycles. The number of aryl methyl sites for hydroxylation is 1. The maximum absolute atomic E-state index is 13.2. The molecule has 0 bridgehead atoms. The van der Waals surface area contributed by atoms with Crippen molar-refractivity contribution in [3.8, 4) is 5.75 Å². The Bertz CT molecular complexity index is 971. The number of piperidine rings is 2. The molecule has 0 saturated carbocycles. The summed E-state index contributed by atoms with van der Waals surface area (Å²) in [6, 6.07) is 5.38. The molecule has 2 aliphatic rings. The standard InChI is InChI=1S/C23H30N4O4/c1-15-18-8-7-17(30-2)14-19(18)25-23(24-15)26-12-9-16(10-13-26)21(28)27-11-5-4-6-20(27)22(29)31-3/h7-8,14,16,20H,4-6,9-13H2,1-3H3. The lowest BCUT2D eigenvalue weighted by atomic mass is 9.92. The molecule has 0 N–H and O–H groups in total.